The van der Waals surface area contributed by atoms with Crippen LogP contribution in [0.25, 0.3) is 22.8 Å². The molecule has 96 valence electrons. The number of oxazole rings is 1. The maximum Gasteiger partial charge on any atom is 0.226 e. The first-order chi connectivity index (χ1) is 9.76. The Labute approximate surface area is 114 Å². The number of nitrogens with zero attached hydrogens (tertiary/aromatic N) is 3. The van der Waals surface area contributed by atoms with Crippen molar-refractivity contribution in [2.24, 2.45) is 0 Å². The van der Waals surface area contributed by atoms with Gasteiger partial charge >= 0.3 is 0 Å². The molecule has 1 aromatic carbocycles. The van der Waals surface area contributed by atoms with E-state index in [-0.39, 0.29) is 0 Å². The zero-order valence-electron chi connectivity index (χ0n) is 10.2. The van der Waals surface area contributed by atoms with Crippen LogP contribution in [0.3, 0.4) is 0 Å². The summed E-state index contributed by atoms with van der Waals surface area (Å²) in [6, 6.07) is 11.9. The van der Waals surface area contributed by atoms with E-state index in [0.717, 1.165) is 6.20 Å². The van der Waals surface area contributed by atoms with Gasteiger partial charge in [-0.2, -0.15) is 5.26 Å². The molecule has 2 aromatic heterocycles. The van der Waals surface area contributed by atoms with Crippen molar-refractivity contribution >= 4 is 0 Å². The van der Waals surface area contributed by atoms with Crippen molar-refractivity contribution in [2.45, 2.75) is 0 Å². The molecule has 4 nitrogen and oxygen atoms in total. The van der Waals surface area contributed by atoms with Crippen LogP contribution < -0.4 is 0 Å². The molecule has 0 aliphatic carbocycles. The van der Waals surface area contributed by atoms with Crippen LogP contribution in [0.15, 0.2) is 53.3 Å². The second kappa shape index (κ2) is 4.94. The van der Waals surface area contributed by atoms with Crippen molar-refractivity contribution in [2.75, 3.05) is 0 Å². The number of hydrogen-bond acceptors (Lipinski definition) is 4. The highest BCUT2D eigenvalue weighted by atomic mass is 19.1. The zero-order chi connectivity index (χ0) is 13.9. The fraction of sp³-hybridized carbons (Fsp3) is 0. The molecule has 0 amide bonds. The summed E-state index contributed by atoms with van der Waals surface area (Å²) in [7, 11) is 0. The molecule has 0 saturated heterocycles. The lowest BCUT2D eigenvalue weighted by atomic mass is 10.1. The summed E-state index contributed by atoms with van der Waals surface area (Å²) >= 11 is 0. The van der Waals surface area contributed by atoms with E-state index in [9.17, 15) is 4.39 Å². The lowest BCUT2D eigenvalue weighted by molar-refractivity contribution is 0.575. The Morgan fingerprint density at radius 1 is 1.15 bits per heavy atom. The minimum Gasteiger partial charge on any atom is -0.444 e. The largest absolute Gasteiger partial charge is 0.444 e. The van der Waals surface area contributed by atoms with Crippen LogP contribution in [0.5, 0.6) is 0 Å². The van der Waals surface area contributed by atoms with Gasteiger partial charge in [-0.25, -0.2) is 9.37 Å². The van der Waals surface area contributed by atoms with Crippen molar-refractivity contribution in [1.82, 2.24) is 9.97 Å². The van der Waals surface area contributed by atoms with Crippen molar-refractivity contribution < 1.29 is 8.81 Å². The minimum atomic E-state index is -0.404. The summed E-state index contributed by atoms with van der Waals surface area (Å²) in [6.45, 7) is 0. The molecule has 0 radical (unpaired) electrons. The van der Waals surface area contributed by atoms with E-state index in [1.165, 1.54) is 18.4 Å². The van der Waals surface area contributed by atoms with Crippen molar-refractivity contribution in [3.05, 3.63) is 60.2 Å². The highest BCUT2D eigenvalue weighted by Crippen LogP contribution is 2.24. The molecule has 20 heavy (non-hydrogen) atoms. The number of halogens is 1. The third-order valence-electron chi connectivity index (χ3n) is 2.73. The molecular weight excluding hydrogens is 257 g/mol. The lowest BCUT2D eigenvalue weighted by Crippen LogP contribution is -1.85. The number of nitriles is 1. The zero-order valence-corrected chi connectivity index (χ0v) is 10.2. The van der Waals surface area contributed by atoms with Crippen molar-refractivity contribution in [1.29, 1.82) is 5.26 Å². The van der Waals surface area contributed by atoms with E-state index in [0.29, 0.717) is 28.4 Å². The SMILES string of the molecule is N#Cc1cccc(-c2nc(-c3ccc(F)cn3)co2)c1. The first-order valence-corrected chi connectivity index (χ1v) is 5.84. The Hall–Kier alpha value is -3.00. The van der Waals surface area contributed by atoms with E-state index in [1.807, 2.05) is 0 Å². The van der Waals surface area contributed by atoms with Gasteiger partial charge in [-0.3, -0.25) is 4.98 Å². The Morgan fingerprint density at radius 3 is 2.80 bits per heavy atom. The molecule has 3 rings (SSSR count). The summed E-state index contributed by atoms with van der Waals surface area (Å²) in [5.41, 5.74) is 2.28. The summed E-state index contributed by atoms with van der Waals surface area (Å²) < 4.78 is 18.2. The maximum absolute atomic E-state index is 12.8. The molecule has 0 N–H and O–H groups in total. The Morgan fingerprint density at radius 2 is 2.05 bits per heavy atom. The van der Waals surface area contributed by atoms with E-state index in [4.69, 9.17) is 9.68 Å². The maximum atomic E-state index is 12.8. The van der Waals surface area contributed by atoms with Gasteiger partial charge in [0.2, 0.25) is 5.89 Å². The highest BCUT2D eigenvalue weighted by Gasteiger charge is 2.10. The van der Waals surface area contributed by atoms with Gasteiger partial charge in [0, 0.05) is 5.56 Å². The summed E-state index contributed by atoms with van der Waals surface area (Å²) in [6.07, 6.45) is 2.58. The predicted octanol–water partition coefficient (Wildman–Crippen LogP) is 3.41. The topological polar surface area (TPSA) is 62.7 Å². The summed E-state index contributed by atoms with van der Waals surface area (Å²) in [5, 5.41) is 8.87. The molecule has 0 aliphatic rings. The standard InChI is InChI=1S/C15H8FN3O/c16-12-4-5-13(18-8-12)14-9-20-15(19-14)11-3-1-2-10(6-11)7-17/h1-6,8-9H. The number of benzene rings is 1. The summed E-state index contributed by atoms with van der Waals surface area (Å²) in [5.74, 6) is -0.0117. The van der Waals surface area contributed by atoms with Gasteiger partial charge in [0.15, 0.2) is 0 Å². The molecule has 0 saturated carbocycles. The van der Waals surface area contributed by atoms with Crippen LogP contribution in [0, 0.1) is 17.1 Å². The smallest absolute Gasteiger partial charge is 0.226 e. The minimum absolute atomic E-state index is 0.392. The number of rotatable bonds is 2. The first-order valence-electron chi connectivity index (χ1n) is 5.84. The quantitative estimate of drug-likeness (QED) is 0.712. The Balaban J connectivity index is 1.97. The van der Waals surface area contributed by atoms with Crippen LogP contribution in [-0.2, 0) is 0 Å². The van der Waals surface area contributed by atoms with E-state index in [2.05, 4.69) is 16.0 Å². The van der Waals surface area contributed by atoms with Gasteiger partial charge in [0.25, 0.3) is 0 Å². The van der Waals surface area contributed by atoms with Gasteiger partial charge in [-0.15, -0.1) is 0 Å². The lowest BCUT2D eigenvalue weighted by Gasteiger charge is -1.95. The van der Waals surface area contributed by atoms with Crippen LogP contribution in [0.2, 0.25) is 0 Å². The second-order valence-corrected chi connectivity index (χ2v) is 4.09. The van der Waals surface area contributed by atoms with Gasteiger partial charge < -0.3 is 4.42 Å². The Kier molecular flexibility index (Phi) is 2.98. The van der Waals surface area contributed by atoms with Gasteiger partial charge in [-0.05, 0) is 30.3 Å². The third-order valence-corrected chi connectivity index (χ3v) is 2.73. The fourth-order valence-corrected chi connectivity index (χ4v) is 1.77. The predicted molar refractivity (Wildman–Crippen MR) is 69.8 cm³/mol. The third kappa shape index (κ3) is 2.27. The molecule has 5 heteroatoms. The molecule has 0 atom stereocenters. The number of pyridine rings is 1. The molecule has 2 heterocycles. The van der Waals surface area contributed by atoms with Crippen molar-refractivity contribution in [3.63, 3.8) is 0 Å². The average Bonchev–Trinajstić information content (AvgIpc) is 2.98. The van der Waals surface area contributed by atoms with Crippen LogP contribution >= 0.6 is 0 Å². The highest BCUT2D eigenvalue weighted by molar-refractivity contribution is 5.61. The fourth-order valence-electron chi connectivity index (χ4n) is 1.77. The van der Waals surface area contributed by atoms with Gasteiger partial charge in [0.1, 0.15) is 17.8 Å². The molecule has 0 bridgehead atoms. The second-order valence-electron chi connectivity index (χ2n) is 4.09. The average molecular weight is 265 g/mol. The monoisotopic (exact) mass is 265 g/mol. The number of hydrogen-bond donors (Lipinski definition) is 0. The first kappa shape index (κ1) is 12.1. The van der Waals surface area contributed by atoms with Crippen LogP contribution in [-0.4, -0.2) is 9.97 Å². The normalized spacial score (nSPS) is 10.2. The summed E-state index contributed by atoms with van der Waals surface area (Å²) in [4.78, 5) is 8.23. The molecule has 0 aliphatic heterocycles. The van der Waals surface area contributed by atoms with Gasteiger partial charge in [0.05, 0.1) is 23.5 Å². The van der Waals surface area contributed by atoms with Crippen molar-refractivity contribution in [3.8, 4) is 28.9 Å². The Bertz CT molecular complexity index is 787. The number of aromatic nitrogens is 2. The molecular formula is C15H8FN3O. The van der Waals surface area contributed by atoms with Crippen LogP contribution in [0.4, 0.5) is 4.39 Å². The molecule has 0 fully saturated rings. The molecule has 0 unspecified atom stereocenters. The molecule has 0 spiro atoms. The van der Waals surface area contributed by atoms with Gasteiger partial charge in [-0.1, -0.05) is 6.07 Å². The van der Waals surface area contributed by atoms with Crippen LogP contribution in [0.1, 0.15) is 5.56 Å². The van der Waals surface area contributed by atoms with E-state index in [1.54, 1.807) is 24.3 Å². The van der Waals surface area contributed by atoms with E-state index >= 15 is 0 Å². The van der Waals surface area contributed by atoms with E-state index < -0.39 is 5.82 Å². The molecule has 3 aromatic rings.